The van der Waals surface area contributed by atoms with E-state index in [0.29, 0.717) is 6.54 Å². The first-order valence-corrected chi connectivity index (χ1v) is 9.14. The molecule has 2 aliphatic rings. The summed E-state index contributed by atoms with van der Waals surface area (Å²) in [6.45, 7) is 0.823. The fourth-order valence-electron chi connectivity index (χ4n) is 3.31. The summed E-state index contributed by atoms with van der Waals surface area (Å²) in [4.78, 5) is 36.9. The molecule has 3 rings (SSSR count). The highest BCUT2D eigenvalue weighted by Crippen LogP contribution is 2.32. The fraction of sp³-hybridized carbons (Fsp3) is 0.471. The molecule has 24 heavy (non-hydrogen) atoms. The number of imide groups is 1. The summed E-state index contributed by atoms with van der Waals surface area (Å²) in [5.74, 6) is 0.352. The second-order valence-electron chi connectivity index (χ2n) is 6.25. The molecule has 2 atom stereocenters. The van der Waals surface area contributed by atoms with Crippen molar-refractivity contribution < 1.29 is 14.4 Å². The Labute approximate surface area is 145 Å². The van der Waals surface area contributed by atoms with Gasteiger partial charge in [0, 0.05) is 11.6 Å². The number of nitrogens with zero attached hydrogens (tertiary/aromatic N) is 1. The Morgan fingerprint density at radius 3 is 2.62 bits per heavy atom. The number of anilines is 1. The Bertz CT molecular complexity index is 631. The molecule has 0 spiro atoms. The van der Waals surface area contributed by atoms with Crippen LogP contribution >= 0.6 is 11.8 Å². The van der Waals surface area contributed by atoms with Crippen LogP contribution in [0.4, 0.5) is 10.5 Å². The van der Waals surface area contributed by atoms with Crippen molar-refractivity contribution in [3.8, 4) is 0 Å². The van der Waals surface area contributed by atoms with E-state index < -0.39 is 0 Å². The number of amides is 3. The van der Waals surface area contributed by atoms with Crippen LogP contribution < -0.4 is 11.1 Å². The molecular formula is C17H21N3O3S. The zero-order chi connectivity index (χ0) is 17.1. The van der Waals surface area contributed by atoms with Crippen LogP contribution in [0.5, 0.6) is 0 Å². The summed E-state index contributed by atoms with van der Waals surface area (Å²) in [6, 6.07) is 7.26. The molecule has 1 aliphatic heterocycles. The molecule has 2 fully saturated rings. The molecule has 1 aromatic carbocycles. The highest BCUT2D eigenvalue weighted by Gasteiger charge is 2.32. The molecule has 7 heteroatoms. The minimum atomic E-state index is -0.202. The van der Waals surface area contributed by atoms with Gasteiger partial charge in [0.1, 0.15) is 0 Å². The van der Waals surface area contributed by atoms with E-state index in [1.54, 1.807) is 12.1 Å². The number of nitrogens with one attached hydrogen (secondary N) is 1. The first-order chi connectivity index (χ1) is 11.6. The average molecular weight is 347 g/mol. The van der Waals surface area contributed by atoms with Gasteiger partial charge in [0.05, 0.1) is 12.3 Å². The largest absolute Gasteiger partial charge is 0.330 e. The van der Waals surface area contributed by atoms with Crippen LogP contribution in [0.3, 0.4) is 0 Å². The number of nitrogens with two attached hydrogens (primary N) is 1. The summed E-state index contributed by atoms with van der Waals surface area (Å²) in [7, 11) is 0. The van der Waals surface area contributed by atoms with Crippen molar-refractivity contribution in [1.29, 1.82) is 0 Å². The Morgan fingerprint density at radius 2 is 2.00 bits per heavy atom. The van der Waals surface area contributed by atoms with Crippen molar-refractivity contribution in [3.05, 3.63) is 29.8 Å². The minimum Gasteiger partial charge on any atom is -0.330 e. The summed E-state index contributed by atoms with van der Waals surface area (Å²) in [5.41, 5.74) is 7.32. The van der Waals surface area contributed by atoms with Crippen LogP contribution in [0.15, 0.2) is 24.3 Å². The molecule has 0 unspecified atom stereocenters. The lowest BCUT2D eigenvalue weighted by atomic mass is 9.95. The SMILES string of the molecule is NC[C@H]1CCC[C@H]1C(=O)Nc1ccc(CN2C(=O)CSC2=O)cc1. The molecular weight excluding hydrogens is 326 g/mol. The highest BCUT2D eigenvalue weighted by molar-refractivity contribution is 8.14. The maximum absolute atomic E-state index is 12.4. The number of hydrogen-bond acceptors (Lipinski definition) is 5. The molecule has 3 amide bonds. The Morgan fingerprint density at radius 1 is 1.25 bits per heavy atom. The molecule has 3 N–H and O–H groups in total. The van der Waals surface area contributed by atoms with Gasteiger partial charge < -0.3 is 11.1 Å². The Hall–Kier alpha value is -1.86. The number of thioether (sulfide) groups is 1. The molecule has 1 saturated carbocycles. The van der Waals surface area contributed by atoms with Crippen molar-refractivity contribution in [1.82, 2.24) is 4.90 Å². The van der Waals surface area contributed by atoms with Crippen LogP contribution in [0.1, 0.15) is 24.8 Å². The van der Waals surface area contributed by atoms with Gasteiger partial charge in [-0.05, 0) is 43.0 Å². The maximum Gasteiger partial charge on any atom is 0.289 e. The molecule has 1 saturated heterocycles. The van der Waals surface area contributed by atoms with Gasteiger partial charge >= 0.3 is 0 Å². The standard InChI is InChI=1S/C17H21N3O3S/c18-8-12-2-1-3-14(12)16(22)19-13-6-4-11(5-7-13)9-20-15(21)10-24-17(20)23/h4-7,12,14H,1-3,8-10,18H2,(H,19,22)/t12-,14-/m1/s1. The van der Waals surface area contributed by atoms with Crippen LogP contribution in [-0.4, -0.2) is 34.3 Å². The van der Waals surface area contributed by atoms with Gasteiger partial charge in [0.25, 0.3) is 5.24 Å². The van der Waals surface area contributed by atoms with E-state index in [0.717, 1.165) is 42.3 Å². The lowest BCUT2D eigenvalue weighted by Crippen LogP contribution is -2.29. The van der Waals surface area contributed by atoms with Gasteiger partial charge in [-0.2, -0.15) is 0 Å². The van der Waals surface area contributed by atoms with Crippen molar-refractivity contribution in [2.75, 3.05) is 17.6 Å². The lowest BCUT2D eigenvalue weighted by Gasteiger charge is -2.18. The van der Waals surface area contributed by atoms with Gasteiger partial charge in [-0.25, -0.2) is 0 Å². The Balaban J connectivity index is 1.59. The lowest BCUT2D eigenvalue weighted by molar-refractivity contribution is -0.125. The van der Waals surface area contributed by atoms with Crippen LogP contribution in [0, 0.1) is 11.8 Å². The van der Waals surface area contributed by atoms with Gasteiger partial charge in [0.2, 0.25) is 11.8 Å². The molecule has 0 aromatic heterocycles. The highest BCUT2D eigenvalue weighted by atomic mass is 32.2. The van der Waals surface area contributed by atoms with Crippen molar-refractivity contribution >= 4 is 34.5 Å². The van der Waals surface area contributed by atoms with Crippen molar-refractivity contribution in [3.63, 3.8) is 0 Å². The normalized spacial score (nSPS) is 23.8. The van der Waals surface area contributed by atoms with Gasteiger partial charge in [-0.3, -0.25) is 19.3 Å². The topological polar surface area (TPSA) is 92.5 Å². The number of carbonyl (C=O) groups excluding carboxylic acids is 3. The van der Waals surface area contributed by atoms with E-state index in [1.807, 2.05) is 12.1 Å². The van der Waals surface area contributed by atoms with Crippen LogP contribution in [0.2, 0.25) is 0 Å². The summed E-state index contributed by atoms with van der Waals surface area (Å²) >= 11 is 1.03. The third-order valence-corrected chi connectivity index (χ3v) is 5.56. The fourth-order valence-corrected chi connectivity index (χ4v) is 4.03. The van der Waals surface area contributed by atoms with Crippen LogP contribution in [-0.2, 0) is 16.1 Å². The van der Waals surface area contributed by atoms with Gasteiger partial charge in [-0.1, -0.05) is 30.3 Å². The minimum absolute atomic E-state index is 0.00783. The zero-order valence-electron chi connectivity index (χ0n) is 13.4. The molecule has 1 aliphatic carbocycles. The molecule has 6 nitrogen and oxygen atoms in total. The number of carbonyl (C=O) groups is 3. The Kier molecular flexibility index (Phi) is 5.20. The van der Waals surface area contributed by atoms with Crippen LogP contribution in [0.25, 0.3) is 0 Å². The average Bonchev–Trinajstić information content (AvgIpc) is 3.18. The van der Waals surface area contributed by atoms with Crippen molar-refractivity contribution in [2.45, 2.75) is 25.8 Å². The van der Waals surface area contributed by atoms with Gasteiger partial charge in [-0.15, -0.1) is 0 Å². The smallest absolute Gasteiger partial charge is 0.289 e. The van der Waals surface area contributed by atoms with E-state index in [4.69, 9.17) is 5.73 Å². The second kappa shape index (κ2) is 7.36. The molecule has 1 aromatic rings. The zero-order valence-corrected chi connectivity index (χ0v) is 14.2. The van der Waals surface area contributed by atoms with E-state index in [1.165, 1.54) is 4.90 Å². The van der Waals surface area contributed by atoms with E-state index in [-0.39, 0.29) is 41.2 Å². The maximum atomic E-state index is 12.4. The van der Waals surface area contributed by atoms with E-state index in [2.05, 4.69) is 5.32 Å². The first-order valence-electron chi connectivity index (χ1n) is 8.15. The van der Waals surface area contributed by atoms with E-state index >= 15 is 0 Å². The number of benzene rings is 1. The second-order valence-corrected chi connectivity index (χ2v) is 7.18. The quantitative estimate of drug-likeness (QED) is 0.852. The summed E-state index contributed by atoms with van der Waals surface area (Å²) < 4.78 is 0. The monoisotopic (exact) mass is 347 g/mol. The molecule has 128 valence electrons. The van der Waals surface area contributed by atoms with Crippen molar-refractivity contribution in [2.24, 2.45) is 17.6 Å². The predicted molar refractivity (Wildman–Crippen MR) is 93.4 cm³/mol. The number of hydrogen-bond donors (Lipinski definition) is 2. The van der Waals surface area contributed by atoms with E-state index in [9.17, 15) is 14.4 Å². The third-order valence-electron chi connectivity index (χ3n) is 4.70. The summed E-state index contributed by atoms with van der Waals surface area (Å²) in [5, 5.41) is 2.74. The molecule has 0 radical (unpaired) electrons. The number of rotatable bonds is 5. The molecule has 1 heterocycles. The molecule has 0 bridgehead atoms. The predicted octanol–water partition coefficient (Wildman–Crippen LogP) is 2.20. The third kappa shape index (κ3) is 3.62. The summed E-state index contributed by atoms with van der Waals surface area (Å²) in [6.07, 6.45) is 2.96. The van der Waals surface area contributed by atoms with Gasteiger partial charge in [0.15, 0.2) is 0 Å². The first kappa shape index (κ1) is 17.0.